The van der Waals surface area contributed by atoms with Crippen LogP contribution >= 0.6 is 0 Å². The molecule has 112 valence electrons. The van der Waals surface area contributed by atoms with Crippen molar-refractivity contribution in [2.75, 3.05) is 14.2 Å². The van der Waals surface area contributed by atoms with E-state index in [4.69, 9.17) is 4.74 Å². The number of rotatable bonds is 4. The molecule has 21 heavy (non-hydrogen) atoms. The minimum absolute atomic E-state index is 0.123. The Morgan fingerprint density at radius 2 is 1.62 bits per heavy atom. The number of halogens is 4. The van der Waals surface area contributed by atoms with Gasteiger partial charge in [-0.05, 0) is 42.9 Å². The maximum atomic E-state index is 13.4. The molecule has 1 N–H and O–H groups in total. The number of hydrogen-bond donors (Lipinski definition) is 1. The van der Waals surface area contributed by atoms with E-state index in [-0.39, 0.29) is 5.56 Å². The van der Waals surface area contributed by atoms with Gasteiger partial charge in [0.15, 0.2) is 17.5 Å². The Bertz CT molecular complexity index is 637. The lowest BCUT2D eigenvalue weighted by Gasteiger charge is -2.20. The summed E-state index contributed by atoms with van der Waals surface area (Å²) in [5.41, 5.74) is 0.475. The maximum Gasteiger partial charge on any atom is 0.194 e. The van der Waals surface area contributed by atoms with Crippen LogP contribution in [0.3, 0.4) is 0 Å². The third-order valence-electron chi connectivity index (χ3n) is 3.13. The zero-order valence-electron chi connectivity index (χ0n) is 11.4. The first kappa shape index (κ1) is 15.3. The van der Waals surface area contributed by atoms with Crippen LogP contribution < -0.4 is 10.1 Å². The fourth-order valence-corrected chi connectivity index (χ4v) is 2.17. The normalized spacial score (nSPS) is 12.3. The largest absolute Gasteiger partial charge is 0.496 e. The molecule has 0 bridgehead atoms. The first-order chi connectivity index (χ1) is 9.97. The second-order valence-corrected chi connectivity index (χ2v) is 4.41. The summed E-state index contributed by atoms with van der Waals surface area (Å²) >= 11 is 0. The van der Waals surface area contributed by atoms with Gasteiger partial charge in [0, 0.05) is 5.56 Å². The van der Waals surface area contributed by atoms with Gasteiger partial charge in [-0.2, -0.15) is 0 Å². The summed E-state index contributed by atoms with van der Waals surface area (Å²) in [4.78, 5) is 0. The summed E-state index contributed by atoms with van der Waals surface area (Å²) in [6.07, 6.45) is 0. The maximum absolute atomic E-state index is 13.4. The Kier molecular flexibility index (Phi) is 4.47. The molecule has 1 atom stereocenters. The fraction of sp³-hybridized carbons (Fsp3) is 0.200. The van der Waals surface area contributed by atoms with Crippen LogP contribution in [0, 0.1) is 23.3 Å². The van der Waals surface area contributed by atoms with Crippen molar-refractivity contribution in [2.24, 2.45) is 0 Å². The van der Waals surface area contributed by atoms with Crippen molar-refractivity contribution in [1.29, 1.82) is 0 Å². The first-order valence-corrected chi connectivity index (χ1v) is 6.13. The highest BCUT2D eigenvalue weighted by atomic mass is 19.2. The number of nitrogens with one attached hydrogen (secondary N) is 1. The third kappa shape index (κ3) is 3.00. The van der Waals surface area contributed by atoms with Crippen LogP contribution in [0.4, 0.5) is 17.6 Å². The Morgan fingerprint density at radius 1 is 1.00 bits per heavy atom. The highest BCUT2D eigenvalue weighted by Crippen LogP contribution is 2.31. The Labute approximate surface area is 119 Å². The SMILES string of the molecule is CNC(c1cc(F)c(F)c(F)c1)c1cc(F)ccc1OC. The van der Waals surface area contributed by atoms with Gasteiger partial charge in [-0.15, -0.1) is 0 Å². The fourth-order valence-electron chi connectivity index (χ4n) is 2.17. The number of benzene rings is 2. The van der Waals surface area contributed by atoms with Crippen molar-refractivity contribution in [3.63, 3.8) is 0 Å². The number of methoxy groups -OCH3 is 1. The van der Waals surface area contributed by atoms with Crippen molar-refractivity contribution in [2.45, 2.75) is 6.04 Å². The van der Waals surface area contributed by atoms with Crippen molar-refractivity contribution in [3.8, 4) is 5.75 Å². The molecule has 0 heterocycles. The van der Waals surface area contributed by atoms with Crippen LogP contribution in [0.1, 0.15) is 17.2 Å². The van der Waals surface area contributed by atoms with Gasteiger partial charge in [0.25, 0.3) is 0 Å². The highest BCUT2D eigenvalue weighted by molar-refractivity contribution is 5.42. The van der Waals surface area contributed by atoms with E-state index >= 15 is 0 Å². The molecule has 0 amide bonds. The van der Waals surface area contributed by atoms with Crippen LogP contribution in [0.2, 0.25) is 0 Å². The van der Waals surface area contributed by atoms with Crippen molar-refractivity contribution >= 4 is 0 Å². The van der Waals surface area contributed by atoms with E-state index in [1.165, 1.54) is 32.4 Å². The van der Waals surface area contributed by atoms with Gasteiger partial charge < -0.3 is 10.1 Å². The lowest BCUT2D eigenvalue weighted by molar-refractivity contribution is 0.403. The standard InChI is InChI=1S/C15H13F4NO/c1-20-15(8-5-11(17)14(19)12(18)6-8)10-7-9(16)3-4-13(10)21-2/h3-7,15,20H,1-2H3. The minimum atomic E-state index is -1.54. The molecule has 6 heteroatoms. The second-order valence-electron chi connectivity index (χ2n) is 4.41. The molecule has 1 unspecified atom stereocenters. The smallest absolute Gasteiger partial charge is 0.194 e. The van der Waals surface area contributed by atoms with Gasteiger partial charge in [0.2, 0.25) is 0 Å². The first-order valence-electron chi connectivity index (χ1n) is 6.13. The van der Waals surface area contributed by atoms with Crippen LogP contribution in [-0.4, -0.2) is 14.2 Å². The molecule has 0 aliphatic carbocycles. The molecule has 0 saturated carbocycles. The van der Waals surface area contributed by atoms with Crippen LogP contribution in [-0.2, 0) is 0 Å². The Morgan fingerprint density at radius 3 is 2.14 bits per heavy atom. The van der Waals surface area contributed by atoms with E-state index in [0.717, 1.165) is 12.1 Å². The van der Waals surface area contributed by atoms with Gasteiger partial charge in [-0.3, -0.25) is 0 Å². The lowest BCUT2D eigenvalue weighted by atomic mass is 9.97. The van der Waals surface area contributed by atoms with Crippen LogP contribution in [0.15, 0.2) is 30.3 Å². The molecule has 0 aliphatic heterocycles. The van der Waals surface area contributed by atoms with Crippen molar-refractivity contribution in [1.82, 2.24) is 5.32 Å². The van der Waals surface area contributed by atoms with E-state index in [1.54, 1.807) is 0 Å². The topological polar surface area (TPSA) is 21.3 Å². The number of ether oxygens (including phenoxy) is 1. The predicted molar refractivity (Wildman–Crippen MR) is 70.2 cm³/mol. The van der Waals surface area contributed by atoms with Crippen LogP contribution in [0.5, 0.6) is 5.75 Å². The highest BCUT2D eigenvalue weighted by Gasteiger charge is 2.21. The molecule has 2 aromatic rings. The summed E-state index contributed by atoms with van der Waals surface area (Å²) in [5.74, 6) is -4.32. The van der Waals surface area contributed by atoms with Gasteiger partial charge >= 0.3 is 0 Å². The third-order valence-corrected chi connectivity index (χ3v) is 3.13. The lowest BCUT2D eigenvalue weighted by Crippen LogP contribution is -2.19. The van der Waals surface area contributed by atoms with E-state index < -0.39 is 29.3 Å². The molecule has 0 fully saturated rings. The molecule has 2 rings (SSSR count). The summed E-state index contributed by atoms with van der Waals surface area (Å²) in [7, 11) is 2.93. The second kappa shape index (κ2) is 6.13. The predicted octanol–water partition coefficient (Wildman–Crippen LogP) is 3.56. The van der Waals surface area contributed by atoms with Crippen molar-refractivity contribution < 1.29 is 22.3 Å². The average Bonchev–Trinajstić information content (AvgIpc) is 2.46. The molecular weight excluding hydrogens is 286 g/mol. The molecule has 0 aliphatic rings. The van der Waals surface area contributed by atoms with Crippen LogP contribution in [0.25, 0.3) is 0 Å². The molecule has 0 aromatic heterocycles. The summed E-state index contributed by atoms with van der Waals surface area (Å²) in [6, 6.07) is 4.79. The molecule has 0 saturated heterocycles. The van der Waals surface area contributed by atoms with Gasteiger partial charge in [-0.25, -0.2) is 17.6 Å². The summed E-state index contributed by atoms with van der Waals surface area (Å²) in [6.45, 7) is 0. The van der Waals surface area contributed by atoms with E-state index in [9.17, 15) is 17.6 Å². The van der Waals surface area contributed by atoms with E-state index in [2.05, 4.69) is 5.32 Å². The summed E-state index contributed by atoms with van der Waals surface area (Å²) < 4.78 is 58.3. The monoisotopic (exact) mass is 299 g/mol. The van der Waals surface area contributed by atoms with Gasteiger partial charge in [-0.1, -0.05) is 0 Å². The van der Waals surface area contributed by atoms with E-state index in [1.807, 2.05) is 0 Å². The number of hydrogen-bond acceptors (Lipinski definition) is 2. The zero-order valence-corrected chi connectivity index (χ0v) is 11.4. The Hall–Kier alpha value is -2.08. The molecule has 2 nitrogen and oxygen atoms in total. The molecule has 0 radical (unpaired) electrons. The quantitative estimate of drug-likeness (QED) is 0.688. The van der Waals surface area contributed by atoms with E-state index in [0.29, 0.717) is 11.3 Å². The van der Waals surface area contributed by atoms with Gasteiger partial charge in [0.05, 0.1) is 13.2 Å². The summed E-state index contributed by atoms with van der Waals surface area (Å²) in [5, 5.41) is 2.81. The average molecular weight is 299 g/mol. The van der Waals surface area contributed by atoms with Crippen molar-refractivity contribution in [3.05, 3.63) is 64.7 Å². The minimum Gasteiger partial charge on any atom is -0.496 e. The molecular formula is C15H13F4NO. The molecule has 0 spiro atoms. The Balaban J connectivity index is 2.57. The molecule has 2 aromatic carbocycles. The van der Waals surface area contributed by atoms with Gasteiger partial charge in [0.1, 0.15) is 11.6 Å². The zero-order chi connectivity index (χ0) is 15.6.